The van der Waals surface area contributed by atoms with Crippen LogP contribution in [0.4, 0.5) is 10.1 Å². The second kappa shape index (κ2) is 8.57. The van der Waals surface area contributed by atoms with Crippen molar-refractivity contribution in [3.63, 3.8) is 0 Å². The number of primary amides is 1. The monoisotopic (exact) mass is 418 g/mol. The first-order valence-corrected chi connectivity index (χ1v) is 9.45. The summed E-state index contributed by atoms with van der Waals surface area (Å²) in [6, 6.07) is 5.25. The van der Waals surface area contributed by atoms with Crippen LogP contribution in [0.2, 0.25) is 5.02 Å². The summed E-state index contributed by atoms with van der Waals surface area (Å²) >= 11 is 5.90. The Morgan fingerprint density at radius 3 is 2.69 bits per heavy atom. The van der Waals surface area contributed by atoms with E-state index in [0.29, 0.717) is 18.5 Å². The molecule has 1 aliphatic rings. The summed E-state index contributed by atoms with van der Waals surface area (Å²) in [7, 11) is 0. The van der Waals surface area contributed by atoms with E-state index in [0.717, 1.165) is 6.42 Å². The number of pyridine rings is 1. The summed E-state index contributed by atoms with van der Waals surface area (Å²) in [6.07, 6.45) is 4.06. The minimum absolute atomic E-state index is 0.0349. The third-order valence-corrected chi connectivity index (χ3v) is 5.17. The predicted molar refractivity (Wildman–Crippen MR) is 106 cm³/mol. The van der Waals surface area contributed by atoms with Crippen molar-refractivity contribution >= 4 is 35.0 Å². The maximum atomic E-state index is 13.5. The number of hydrogen-bond donors (Lipinski definition) is 2. The van der Waals surface area contributed by atoms with Crippen molar-refractivity contribution in [2.75, 3.05) is 11.9 Å². The van der Waals surface area contributed by atoms with E-state index in [9.17, 15) is 18.8 Å². The molecule has 1 aliphatic heterocycles. The van der Waals surface area contributed by atoms with Crippen molar-refractivity contribution in [1.29, 1.82) is 0 Å². The molecule has 2 atom stereocenters. The third kappa shape index (κ3) is 4.71. The average molecular weight is 419 g/mol. The maximum Gasteiger partial charge on any atom is 0.313 e. The van der Waals surface area contributed by atoms with Gasteiger partial charge < -0.3 is 16.0 Å². The molecule has 0 bridgehead atoms. The molecule has 0 unspecified atom stereocenters. The second-order valence-corrected chi connectivity index (χ2v) is 7.52. The van der Waals surface area contributed by atoms with Crippen molar-refractivity contribution in [3.8, 4) is 0 Å². The fourth-order valence-corrected chi connectivity index (χ4v) is 3.59. The van der Waals surface area contributed by atoms with Crippen molar-refractivity contribution in [2.45, 2.75) is 25.8 Å². The van der Waals surface area contributed by atoms with Gasteiger partial charge in [-0.1, -0.05) is 24.6 Å². The molecule has 0 spiro atoms. The zero-order valence-electron chi connectivity index (χ0n) is 15.7. The number of amides is 3. The van der Waals surface area contributed by atoms with E-state index < -0.39 is 29.6 Å². The number of aromatic nitrogens is 1. The molecule has 29 heavy (non-hydrogen) atoms. The molecule has 7 nitrogen and oxygen atoms in total. The molecular weight excluding hydrogens is 399 g/mol. The summed E-state index contributed by atoms with van der Waals surface area (Å²) in [5.41, 5.74) is 6.17. The van der Waals surface area contributed by atoms with Gasteiger partial charge in [-0.2, -0.15) is 0 Å². The normalized spacial score (nSPS) is 18.9. The molecule has 3 N–H and O–H groups in total. The molecule has 1 aromatic carbocycles. The quantitative estimate of drug-likeness (QED) is 0.747. The summed E-state index contributed by atoms with van der Waals surface area (Å²) in [4.78, 5) is 42.0. The van der Waals surface area contributed by atoms with Gasteiger partial charge in [0, 0.05) is 12.7 Å². The van der Waals surface area contributed by atoms with E-state index in [4.69, 9.17) is 17.3 Å². The van der Waals surface area contributed by atoms with Crippen molar-refractivity contribution in [1.82, 2.24) is 9.88 Å². The zero-order valence-corrected chi connectivity index (χ0v) is 16.4. The van der Waals surface area contributed by atoms with Gasteiger partial charge in [-0.25, -0.2) is 4.39 Å². The topological polar surface area (TPSA) is 105 Å². The van der Waals surface area contributed by atoms with Crippen LogP contribution in [0.1, 0.15) is 41.7 Å². The van der Waals surface area contributed by atoms with Crippen LogP contribution in [0, 0.1) is 11.7 Å². The van der Waals surface area contributed by atoms with Crippen molar-refractivity contribution in [2.24, 2.45) is 11.7 Å². The van der Waals surface area contributed by atoms with Gasteiger partial charge in [-0.15, -0.1) is 0 Å². The molecule has 1 fully saturated rings. The highest BCUT2D eigenvalue weighted by Crippen LogP contribution is 2.35. The van der Waals surface area contributed by atoms with Gasteiger partial charge in [0.1, 0.15) is 5.82 Å². The lowest BCUT2D eigenvalue weighted by Gasteiger charge is -2.38. The molecule has 1 saturated heterocycles. The first-order valence-electron chi connectivity index (χ1n) is 9.08. The number of piperidine rings is 1. The van der Waals surface area contributed by atoms with Crippen LogP contribution >= 0.6 is 11.6 Å². The Kier molecular flexibility index (Phi) is 6.12. The first kappa shape index (κ1) is 20.7. The molecule has 2 aromatic rings. The number of halogens is 2. The highest BCUT2D eigenvalue weighted by molar-refractivity contribution is 6.39. The van der Waals surface area contributed by atoms with Gasteiger partial charge in [0.25, 0.3) is 0 Å². The van der Waals surface area contributed by atoms with E-state index in [1.165, 1.54) is 35.5 Å². The van der Waals surface area contributed by atoms with Crippen molar-refractivity contribution < 1.29 is 18.8 Å². The number of anilines is 1. The molecule has 152 valence electrons. The number of benzene rings is 1. The Hall–Kier alpha value is -3.00. The van der Waals surface area contributed by atoms with Crippen LogP contribution in [0.25, 0.3) is 0 Å². The molecule has 0 saturated carbocycles. The SMILES string of the molecule is C[C@@H]1CC[C@@H](c2ccc(F)c(Cl)c2)N(C(=O)C(=O)Nc2cncc(C(N)=O)c2)C1. The third-order valence-electron chi connectivity index (χ3n) is 4.88. The van der Waals surface area contributed by atoms with E-state index in [1.54, 1.807) is 6.07 Å². The molecule has 3 rings (SSSR count). The number of carbonyl (C=O) groups is 3. The maximum absolute atomic E-state index is 13.5. The summed E-state index contributed by atoms with van der Waals surface area (Å²) in [5.74, 6) is -2.62. The highest BCUT2D eigenvalue weighted by Gasteiger charge is 2.34. The van der Waals surface area contributed by atoms with Crippen LogP contribution in [-0.2, 0) is 9.59 Å². The molecule has 9 heteroatoms. The van der Waals surface area contributed by atoms with Gasteiger partial charge in [0.05, 0.1) is 28.5 Å². The number of nitrogens with zero attached hydrogens (tertiary/aromatic N) is 2. The number of nitrogens with two attached hydrogens (primary N) is 1. The molecular formula is C20H20ClFN4O3. The zero-order chi connectivity index (χ0) is 21.1. The Bertz CT molecular complexity index is 968. The van der Waals surface area contributed by atoms with Gasteiger partial charge in [-0.3, -0.25) is 19.4 Å². The highest BCUT2D eigenvalue weighted by atomic mass is 35.5. The average Bonchev–Trinajstić information content (AvgIpc) is 2.69. The number of nitrogens with one attached hydrogen (secondary N) is 1. The molecule has 1 aromatic heterocycles. The minimum Gasteiger partial charge on any atom is -0.366 e. The van der Waals surface area contributed by atoms with Gasteiger partial charge in [0.15, 0.2) is 0 Å². The summed E-state index contributed by atoms with van der Waals surface area (Å²) in [5, 5.41) is 2.42. The molecule has 0 radical (unpaired) electrons. The predicted octanol–water partition coefficient (Wildman–Crippen LogP) is 2.91. The number of likely N-dealkylation sites (tertiary alicyclic amines) is 1. The Morgan fingerprint density at radius 1 is 1.24 bits per heavy atom. The number of carbonyl (C=O) groups excluding carboxylic acids is 3. The largest absolute Gasteiger partial charge is 0.366 e. The Labute approximate surface area is 172 Å². The van der Waals surface area contributed by atoms with Crippen molar-refractivity contribution in [3.05, 3.63) is 58.6 Å². The van der Waals surface area contributed by atoms with E-state index in [1.807, 2.05) is 6.92 Å². The second-order valence-electron chi connectivity index (χ2n) is 7.11. The summed E-state index contributed by atoms with van der Waals surface area (Å²) in [6.45, 7) is 2.37. The van der Waals surface area contributed by atoms with Crippen LogP contribution in [-0.4, -0.2) is 34.2 Å². The minimum atomic E-state index is -0.860. The standard InChI is InChI=1S/C20H20ClFN4O3/c1-11-2-5-17(12-3-4-16(22)15(21)7-12)26(10-11)20(29)19(28)25-14-6-13(18(23)27)8-24-9-14/h3-4,6-9,11,17H,2,5,10H2,1H3,(H2,23,27)(H,25,28)/t11-,17+/m1/s1. The Balaban J connectivity index is 1.81. The molecule has 3 amide bonds. The fourth-order valence-electron chi connectivity index (χ4n) is 3.40. The lowest BCUT2D eigenvalue weighted by atomic mass is 9.89. The lowest BCUT2D eigenvalue weighted by Crippen LogP contribution is -2.46. The van der Waals surface area contributed by atoms with E-state index in [-0.39, 0.29) is 22.2 Å². The van der Waals surface area contributed by atoms with Gasteiger partial charge in [-0.05, 0) is 42.5 Å². The molecule has 2 heterocycles. The van der Waals surface area contributed by atoms with Crippen LogP contribution in [0.15, 0.2) is 36.7 Å². The lowest BCUT2D eigenvalue weighted by molar-refractivity contribution is -0.146. The van der Waals surface area contributed by atoms with Crippen LogP contribution < -0.4 is 11.1 Å². The molecule has 0 aliphatic carbocycles. The fraction of sp³-hybridized carbons (Fsp3) is 0.300. The number of hydrogen-bond acceptors (Lipinski definition) is 4. The summed E-state index contributed by atoms with van der Waals surface area (Å²) < 4.78 is 13.5. The van der Waals surface area contributed by atoms with E-state index >= 15 is 0 Å². The van der Waals surface area contributed by atoms with Gasteiger partial charge in [0.2, 0.25) is 5.91 Å². The Morgan fingerprint density at radius 2 is 2.00 bits per heavy atom. The number of rotatable bonds is 3. The smallest absolute Gasteiger partial charge is 0.313 e. The van der Waals surface area contributed by atoms with Crippen LogP contribution in [0.5, 0.6) is 0 Å². The van der Waals surface area contributed by atoms with Gasteiger partial charge >= 0.3 is 11.8 Å². The van der Waals surface area contributed by atoms with E-state index in [2.05, 4.69) is 10.3 Å². The first-order chi connectivity index (χ1) is 13.8. The van der Waals surface area contributed by atoms with Crippen LogP contribution in [0.3, 0.4) is 0 Å².